The molecule has 48 heavy (non-hydrogen) atoms. The molecule has 0 N–H and O–H groups in total. The minimum atomic E-state index is -1.35. The van der Waals surface area contributed by atoms with Gasteiger partial charge in [-0.1, -0.05) is 73.5 Å². The average Bonchev–Trinajstić information content (AvgIpc) is 3.65. The third-order valence-corrected chi connectivity index (χ3v) is 10.2. The van der Waals surface area contributed by atoms with Gasteiger partial charge in [-0.05, 0) is 78.8 Å². The van der Waals surface area contributed by atoms with Crippen molar-refractivity contribution >= 4 is 25.3 Å². The molecular formula is C37H51BN2O8. The second kappa shape index (κ2) is 14.1. The van der Waals surface area contributed by atoms with Crippen molar-refractivity contribution in [2.45, 2.75) is 122 Å². The van der Waals surface area contributed by atoms with Crippen LogP contribution in [-0.2, 0) is 41.5 Å². The summed E-state index contributed by atoms with van der Waals surface area (Å²) in [6, 6.07) is 18.5. The molecule has 3 saturated heterocycles. The number of benzene rings is 2. The lowest BCUT2D eigenvalue weighted by atomic mass is 9.76. The largest absolute Gasteiger partial charge is 0.459 e. The Hall–Kier alpha value is -3.57. The number of unbranched alkanes of at least 4 members (excludes halogenated alkanes) is 1. The summed E-state index contributed by atoms with van der Waals surface area (Å²) in [5.41, 5.74) is -1.24. The molecule has 11 heteroatoms. The van der Waals surface area contributed by atoms with Gasteiger partial charge in [-0.15, -0.1) is 0 Å². The van der Waals surface area contributed by atoms with Crippen molar-refractivity contribution in [1.29, 1.82) is 0 Å². The van der Waals surface area contributed by atoms with E-state index in [1.165, 1.54) is 4.90 Å². The summed E-state index contributed by atoms with van der Waals surface area (Å²) in [6.07, 6.45) is 1.72. The van der Waals surface area contributed by atoms with Crippen molar-refractivity contribution in [3.63, 3.8) is 0 Å². The first-order valence-corrected chi connectivity index (χ1v) is 17.2. The zero-order valence-electron chi connectivity index (χ0n) is 29.5. The van der Waals surface area contributed by atoms with Crippen LogP contribution in [0.15, 0.2) is 60.7 Å². The molecule has 3 atom stereocenters. The molecule has 2 aromatic carbocycles. The van der Waals surface area contributed by atoms with Crippen LogP contribution in [0.25, 0.3) is 0 Å². The number of likely N-dealkylation sites (tertiary alicyclic amines) is 2. The molecule has 0 spiro atoms. The van der Waals surface area contributed by atoms with Gasteiger partial charge in [-0.25, -0.2) is 14.4 Å². The van der Waals surface area contributed by atoms with Gasteiger partial charge in [0.2, 0.25) is 0 Å². The number of esters is 1. The molecule has 3 aliphatic rings. The molecule has 3 aliphatic heterocycles. The minimum absolute atomic E-state index is 0.0539. The maximum Gasteiger partial charge on any atom is 0.457 e. The molecular weight excluding hydrogens is 611 g/mol. The Morgan fingerprint density at radius 3 is 1.96 bits per heavy atom. The van der Waals surface area contributed by atoms with Crippen molar-refractivity contribution in [1.82, 2.24) is 9.80 Å². The van der Waals surface area contributed by atoms with Gasteiger partial charge in [0.25, 0.3) is 0 Å². The van der Waals surface area contributed by atoms with E-state index in [0.717, 1.165) is 11.1 Å². The molecule has 2 amide bonds. The second-order valence-electron chi connectivity index (χ2n) is 15.2. The third-order valence-electron chi connectivity index (χ3n) is 10.2. The van der Waals surface area contributed by atoms with Gasteiger partial charge >= 0.3 is 25.3 Å². The van der Waals surface area contributed by atoms with E-state index in [0.29, 0.717) is 38.5 Å². The van der Waals surface area contributed by atoms with Crippen LogP contribution < -0.4 is 0 Å². The number of hydrogen-bond acceptors (Lipinski definition) is 8. The van der Waals surface area contributed by atoms with Crippen LogP contribution in [0.2, 0.25) is 6.32 Å². The van der Waals surface area contributed by atoms with E-state index in [2.05, 4.69) is 0 Å². The Morgan fingerprint density at radius 2 is 1.40 bits per heavy atom. The third kappa shape index (κ3) is 7.67. The standard InChI is InChI=1S/C37H51BN2O8/c1-34(2,3)46-32(42)39-23-20-29-30(39)24-40(33(43)45-26-28-18-12-9-13-19-28)37(29,31(41)44-25-27-16-10-8-11-17-27)21-14-15-22-38-47-35(4,5)36(6,7)48-38/h8-13,16-19,29-30H,14-15,20-26H2,1-7H3/t29-,30-,37+/m0/s1. The van der Waals surface area contributed by atoms with Gasteiger partial charge in [0, 0.05) is 19.0 Å². The highest BCUT2D eigenvalue weighted by atomic mass is 16.7. The van der Waals surface area contributed by atoms with Gasteiger partial charge in [0.05, 0.1) is 17.2 Å². The van der Waals surface area contributed by atoms with Crippen molar-refractivity contribution in [3.8, 4) is 0 Å². The molecule has 0 radical (unpaired) electrons. The molecule has 0 unspecified atom stereocenters. The first kappa shape index (κ1) is 35.7. The predicted octanol–water partition coefficient (Wildman–Crippen LogP) is 7.01. The monoisotopic (exact) mass is 662 g/mol. The molecule has 3 heterocycles. The normalized spacial score (nSPS) is 24.4. The van der Waals surface area contributed by atoms with Crippen LogP contribution in [0.5, 0.6) is 0 Å². The summed E-state index contributed by atoms with van der Waals surface area (Å²) < 4.78 is 30.1. The van der Waals surface area contributed by atoms with Gasteiger partial charge in [-0.3, -0.25) is 4.90 Å². The molecule has 0 saturated carbocycles. The Balaban J connectivity index is 1.42. The van der Waals surface area contributed by atoms with Crippen LogP contribution in [0, 0.1) is 5.92 Å². The summed E-state index contributed by atoms with van der Waals surface area (Å²) >= 11 is 0. The smallest absolute Gasteiger partial charge is 0.457 e. The van der Waals surface area contributed by atoms with Crippen molar-refractivity contribution in [2.24, 2.45) is 5.92 Å². The summed E-state index contributed by atoms with van der Waals surface area (Å²) in [7, 11) is -0.367. The van der Waals surface area contributed by atoms with Gasteiger partial charge in [-0.2, -0.15) is 0 Å². The molecule has 0 aromatic heterocycles. The van der Waals surface area contributed by atoms with E-state index in [4.69, 9.17) is 23.5 Å². The van der Waals surface area contributed by atoms with Crippen molar-refractivity contribution in [3.05, 3.63) is 71.8 Å². The lowest BCUT2D eigenvalue weighted by molar-refractivity contribution is -0.160. The Bertz CT molecular complexity index is 1410. The highest BCUT2D eigenvalue weighted by Crippen LogP contribution is 2.48. The summed E-state index contributed by atoms with van der Waals surface area (Å²) in [5, 5.41) is 0. The lowest BCUT2D eigenvalue weighted by Gasteiger charge is -2.39. The summed E-state index contributed by atoms with van der Waals surface area (Å²) in [4.78, 5) is 45.2. The van der Waals surface area contributed by atoms with E-state index in [9.17, 15) is 14.4 Å². The maximum atomic E-state index is 14.5. The Kier molecular flexibility index (Phi) is 10.5. The number of rotatable bonds is 10. The zero-order chi connectivity index (χ0) is 34.7. The molecule has 260 valence electrons. The van der Waals surface area contributed by atoms with Crippen LogP contribution >= 0.6 is 0 Å². The molecule has 0 aliphatic carbocycles. The number of ether oxygens (including phenoxy) is 3. The molecule has 3 fully saturated rings. The second-order valence-corrected chi connectivity index (χ2v) is 15.2. The minimum Gasteiger partial charge on any atom is -0.459 e. The zero-order valence-corrected chi connectivity index (χ0v) is 29.5. The van der Waals surface area contributed by atoms with Gasteiger partial charge < -0.3 is 28.4 Å². The van der Waals surface area contributed by atoms with E-state index in [1.54, 1.807) is 4.90 Å². The molecule has 0 bridgehead atoms. The van der Waals surface area contributed by atoms with Crippen molar-refractivity contribution < 1.29 is 37.9 Å². The first-order valence-electron chi connectivity index (χ1n) is 17.2. The van der Waals surface area contributed by atoms with Crippen LogP contribution in [-0.4, -0.2) is 76.5 Å². The fourth-order valence-corrected chi connectivity index (χ4v) is 7.09. The topological polar surface area (TPSA) is 104 Å². The SMILES string of the molecule is CC(C)(C)OC(=O)N1CC[C@H]2[C@@H]1CN(C(=O)OCc1ccccc1)[C@@]2(CCCCB1OC(C)(C)C(C)(C)O1)C(=O)OCc1ccccc1. The fraction of sp³-hybridized carbons (Fsp3) is 0.595. The van der Waals surface area contributed by atoms with Gasteiger partial charge in [0.15, 0.2) is 0 Å². The van der Waals surface area contributed by atoms with E-state index < -0.39 is 46.5 Å². The quantitative estimate of drug-likeness (QED) is 0.116. The number of carbonyl (C=O) groups is 3. The average molecular weight is 663 g/mol. The number of fused-ring (bicyclic) bond motifs is 1. The number of hydrogen-bond donors (Lipinski definition) is 0. The first-order chi connectivity index (χ1) is 22.6. The summed E-state index contributed by atoms with van der Waals surface area (Å²) in [6.45, 7) is 14.2. The molecule has 10 nitrogen and oxygen atoms in total. The molecule has 5 rings (SSSR count). The predicted molar refractivity (Wildman–Crippen MR) is 182 cm³/mol. The number of nitrogens with zero attached hydrogens (tertiary/aromatic N) is 2. The van der Waals surface area contributed by atoms with E-state index in [1.807, 2.05) is 109 Å². The Labute approximate surface area is 285 Å². The van der Waals surface area contributed by atoms with E-state index >= 15 is 0 Å². The highest BCUT2D eigenvalue weighted by Gasteiger charge is 2.65. The highest BCUT2D eigenvalue weighted by molar-refractivity contribution is 6.45. The molecule has 2 aromatic rings. The van der Waals surface area contributed by atoms with Crippen LogP contribution in [0.3, 0.4) is 0 Å². The van der Waals surface area contributed by atoms with E-state index in [-0.39, 0.29) is 32.8 Å². The van der Waals surface area contributed by atoms with Crippen LogP contribution in [0.1, 0.15) is 85.3 Å². The van der Waals surface area contributed by atoms with Gasteiger partial charge in [0.1, 0.15) is 24.4 Å². The number of carbonyl (C=O) groups excluding carboxylic acids is 3. The maximum absolute atomic E-state index is 14.5. The van der Waals surface area contributed by atoms with Crippen LogP contribution in [0.4, 0.5) is 9.59 Å². The Morgan fingerprint density at radius 1 is 0.833 bits per heavy atom. The number of amides is 2. The summed E-state index contributed by atoms with van der Waals surface area (Å²) in [5.74, 6) is -0.855. The van der Waals surface area contributed by atoms with Crippen molar-refractivity contribution in [2.75, 3.05) is 13.1 Å². The fourth-order valence-electron chi connectivity index (χ4n) is 7.09. The lowest BCUT2D eigenvalue weighted by Crippen LogP contribution is -2.57.